The van der Waals surface area contributed by atoms with Gasteiger partial charge in [0, 0.05) is 18.1 Å². The first-order chi connectivity index (χ1) is 16.2. The summed E-state index contributed by atoms with van der Waals surface area (Å²) in [5.74, 6) is 0.251. The van der Waals surface area contributed by atoms with E-state index in [2.05, 4.69) is 44.0 Å². The minimum Gasteiger partial charge on any atom is -0.370 e. The van der Waals surface area contributed by atoms with Gasteiger partial charge in [-0.3, -0.25) is 4.79 Å². The Morgan fingerprint density at radius 3 is 2.61 bits per heavy atom. The van der Waals surface area contributed by atoms with Crippen molar-refractivity contribution in [3.05, 3.63) is 83.4 Å². The summed E-state index contributed by atoms with van der Waals surface area (Å²) in [6.45, 7) is 2.75. The molecule has 1 aliphatic heterocycles. The van der Waals surface area contributed by atoms with Gasteiger partial charge in [0.05, 0.1) is 17.1 Å². The van der Waals surface area contributed by atoms with Gasteiger partial charge in [-0.1, -0.05) is 54.1 Å². The number of anilines is 2. The number of benzene rings is 3. The third kappa shape index (κ3) is 5.02. The lowest BCUT2D eigenvalue weighted by molar-refractivity contribution is -0.700. The molecule has 0 atom stereocenters. The Kier molecular flexibility index (Phi) is 6.55. The van der Waals surface area contributed by atoms with Crippen LogP contribution in [0.15, 0.2) is 78.0 Å². The molecule has 4 aromatic rings. The van der Waals surface area contributed by atoms with Crippen LogP contribution in [0.5, 0.6) is 0 Å². The van der Waals surface area contributed by atoms with Gasteiger partial charge in [-0.2, -0.15) is 0 Å². The molecule has 168 valence electrons. The summed E-state index contributed by atoms with van der Waals surface area (Å²) in [7, 11) is 0. The molecule has 1 aliphatic rings. The number of rotatable bonds is 7. The van der Waals surface area contributed by atoms with Gasteiger partial charge in [0.1, 0.15) is 6.54 Å². The third-order valence-electron chi connectivity index (χ3n) is 5.88. The largest absolute Gasteiger partial charge is 0.370 e. The second-order valence-corrected chi connectivity index (χ2v) is 9.61. The maximum Gasteiger partial charge on any atom is 0.317 e. The van der Waals surface area contributed by atoms with E-state index in [9.17, 15) is 4.79 Å². The number of aromatic nitrogens is 2. The number of nitrogens with one attached hydrogen (secondary N) is 2. The van der Waals surface area contributed by atoms with E-state index in [4.69, 9.17) is 11.6 Å². The molecule has 1 amide bonds. The van der Waals surface area contributed by atoms with E-state index in [1.807, 2.05) is 48.5 Å². The van der Waals surface area contributed by atoms with Gasteiger partial charge in [-0.15, -0.1) is 0 Å². The second-order valence-electron chi connectivity index (χ2n) is 8.21. The van der Waals surface area contributed by atoms with Gasteiger partial charge in [0.2, 0.25) is 5.91 Å². The van der Waals surface area contributed by atoms with Crippen LogP contribution < -0.4 is 14.8 Å². The zero-order chi connectivity index (χ0) is 22.6. The second kappa shape index (κ2) is 9.89. The van der Waals surface area contributed by atoms with Crippen molar-refractivity contribution in [1.29, 1.82) is 0 Å². The van der Waals surface area contributed by atoms with Crippen LogP contribution in [-0.2, 0) is 11.3 Å². The molecule has 3 aromatic carbocycles. The maximum absolute atomic E-state index is 12.9. The minimum absolute atomic E-state index is 0.0485. The standard InChI is InChI=1S/C26H25ClN4OS/c27-20-12-13-23(30-14-6-7-15-30)22(16-20)28-25(32)18-33-26-29-21-10-4-5-11-24(21)31(26)17-19-8-2-1-3-9-19/h1-5,8-13,16H,6-7,14-15,17-18H2,(H,28,32)/p+1. The van der Waals surface area contributed by atoms with Gasteiger partial charge in [0.25, 0.3) is 0 Å². The fourth-order valence-electron chi connectivity index (χ4n) is 4.31. The Hall–Kier alpha value is -2.96. The molecule has 1 fully saturated rings. The summed E-state index contributed by atoms with van der Waals surface area (Å²) in [4.78, 5) is 18.7. The quantitative estimate of drug-likeness (QED) is 0.273. The Labute approximate surface area is 202 Å². The van der Waals surface area contributed by atoms with Crippen LogP contribution in [0.4, 0.5) is 11.4 Å². The monoisotopic (exact) mass is 477 g/mol. The normalized spacial score (nSPS) is 13.5. The number of carbonyl (C=O) groups excluding carboxylic acids is 1. The number of fused-ring (bicyclic) bond motifs is 1. The fraction of sp³-hybridized carbons (Fsp3) is 0.231. The number of nitrogens with zero attached hydrogens (tertiary/aromatic N) is 2. The molecule has 7 heteroatoms. The first kappa shape index (κ1) is 21.9. The molecule has 2 heterocycles. The first-order valence-electron chi connectivity index (χ1n) is 11.2. The molecule has 1 saturated heterocycles. The number of H-pyrrole nitrogens is 1. The van der Waals surface area contributed by atoms with Crippen molar-refractivity contribution in [3.8, 4) is 0 Å². The highest BCUT2D eigenvalue weighted by Crippen LogP contribution is 2.32. The third-order valence-corrected chi connectivity index (χ3v) is 7.12. The zero-order valence-electron chi connectivity index (χ0n) is 18.3. The first-order valence-corrected chi connectivity index (χ1v) is 12.6. The summed E-state index contributed by atoms with van der Waals surface area (Å²) < 4.78 is 2.23. The number of hydrogen-bond donors (Lipinski definition) is 2. The number of amides is 1. The SMILES string of the molecule is O=C(CSc1[nH]c2ccccc2[n+]1Cc1ccccc1)Nc1cc(Cl)ccc1N1CCCC1. The van der Waals surface area contributed by atoms with Gasteiger partial charge in [0.15, 0.2) is 11.0 Å². The molecular formula is C26H26ClN4OS+. The zero-order valence-corrected chi connectivity index (χ0v) is 19.8. The smallest absolute Gasteiger partial charge is 0.317 e. The van der Waals surface area contributed by atoms with Crippen LogP contribution in [0.2, 0.25) is 5.02 Å². The van der Waals surface area contributed by atoms with Crippen LogP contribution in [0.3, 0.4) is 0 Å². The van der Waals surface area contributed by atoms with Crippen LogP contribution in [-0.4, -0.2) is 29.7 Å². The van der Waals surface area contributed by atoms with Crippen molar-refractivity contribution in [3.63, 3.8) is 0 Å². The van der Waals surface area contributed by atoms with E-state index in [1.54, 1.807) is 0 Å². The molecule has 0 radical (unpaired) electrons. The van der Waals surface area contributed by atoms with Crippen LogP contribution in [0, 0.1) is 0 Å². The predicted molar refractivity (Wildman–Crippen MR) is 136 cm³/mol. The topological polar surface area (TPSA) is 52.0 Å². The lowest BCUT2D eigenvalue weighted by atomic mass is 10.2. The van der Waals surface area contributed by atoms with Crippen molar-refractivity contribution in [2.75, 3.05) is 29.1 Å². The van der Waals surface area contributed by atoms with E-state index in [0.717, 1.165) is 47.2 Å². The Bertz CT molecular complexity index is 1270. The van der Waals surface area contributed by atoms with E-state index in [0.29, 0.717) is 10.8 Å². The highest BCUT2D eigenvalue weighted by Gasteiger charge is 2.21. The van der Waals surface area contributed by atoms with Gasteiger partial charge < -0.3 is 10.2 Å². The van der Waals surface area contributed by atoms with Crippen molar-refractivity contribution < 1.29 is 9.36 Å². The lowest BCUT2D eigenvalue weighted by Crippen LogP contribution is -2.36. The summed E-state index contributed by atoms with van der Waals surface area (Å²) >= 11 is 7.75. The number of para-hydroxylation sites is 2. The van der Waals surface area contributed by atoms with Crippen LogP contribution in [0.25, 0.3) is 11.0 Å². The highest BCUT2D eigenvalue weighted by atomic mass is 35.5. The molecule has 0 spiro atoms. The van der Waals surface area contributed by atoms with Crippen molar-refractivity contribution >= 4 is 51.7 Å². The average molecular weight is 478 g/mol. The van der Waals surface area contributed by atoms with Gasteiger partial charge in [-0.25, -0.2) is 9.55 Å². The van der Waals surface area contributed by atoms with E-state index in [-0.39, 0.29) is 5.91 Å². The molecule has 0 saturated carbocycles. The molecular weight excluding hydrogens is 452 g/mol. The number of carbonyl (C=O) groups is 1. The molecule has 1 aromatic heterocycles. The molecule has 2 N–H and O–H groups in total. The van der Waals surface area contributed by atoms with E-state index < -0.39 is 0 Å². The number of halogens is 1. The average Bonchev–Trinajstić information content (AvgIpc) is 3.47. The summed E-state index contributed by atoms with van der Waals surface area (Å²) in [5.41, 5.74) is 5.22. The van der Waals surface area contributed by atoms with Crippen molar-refractivity contribution in [1.82, 2.24) is 4.98 Å². The van der Waals surface area contributed by atoms with Crippen molar-refractivity contribution in [2.45, 2.75) is 24.5 Å². The van der Waals surface area contributed by atoms with E-state index >= 15 is 0 Å². The fourth-order valence-corrected chi connectivity index (χ4v) is 5.32. The molecule has 0 bridgehead atoms. The van der Waals surface area contributed by atoms with Gasteiger partial charge >= 0.3 is 5.16 Å². The minimum atomic E-state index is -0.0485. The van der Waals surface area contributed by atoms with Crippen molar-refractivity contribution in [2.24, 2.45) is 0 Å². The molecule has 0 aliphatic carbocycles. The Morgan fingerprint density at radius 2 is 1.79 bits per heavy atom. The Balaban J connectivity index is 1.34. The Morgan fingerprint density at radius 1 is 1.03 bits per heavy atom. The maximum atomic E-state index is 12.9. The molecule has 5 nitrogen and oxygen atoms in total. The summed E-state index contributed by atoms with van der Waals surface area (Å²) in [5, 5.41) is 4.67. The number of aromatic amines is 1. The highest BCUT2D eigenvalue weighted by molar-refractivity contribution is 7.99. The lowest BCUT2D eigenvalue weighted by Gasteiger charge is -2.21. The summed E-state index contributed by atoms with van der Waals surface area (Å²) in [6, 6.07) is 24.3. The number of hydrogen-bond acceptors (Lipinski definition) is 3. The van der Waals surface area contributed by atoms with Crippen LogP contribution >= 0.6 is 23.4 Å². The number of imidazole rings is 1. The number of thioether (sulfide) groups is 1. The molecule has 33 heavy (non-hydrogen) atoms. The predicted octanol–water partition coefficient (Wildman–Crippen LogP) is 5.49. The van der Waals surface area contributed by atoms with Crippen LogP contribution in [0.1, 0.15) is 18.4 Å². The van der Waals surface area contributed by atoms with Gasteiger partial charge in [-0.05, 0) is 60.5 Å². The molecule has 0 unspecified atom stereocenters. The molecule has 5 rings (SSSR count). The van der Waals surface area contributed by atoms with E-state index in [1.165, 1.54) is 30.2 Å². The summed E-state index contributed by atoms with van der Waals surface area (Å²) in [6.07, 6.45) is 2.35.